The summed E-state index contributed by atoms with van der Waals surface area (Å²) in [5.41, 5.74) is 2.14. The average Bonchev–Trinajstić information content (AvgIpc) is 2.05. The number of nitrogens with one attached hydrogen (secondary N) is 1. The van der Waals surface area contributed by atoms with Gasteiger partial charge >= 0.3 is 0 Å². The number of nitrogen functional groups attached to an aromatic ring is 1. The standard InChI is InChI=1S/C6H5ClF2N2O3S/c7-15(13,14)4-2(10)1-11-6(12)3(4)5(8)9/h1,5H,10H2,(H,11,12). The molecule has 0 aliphatic rings. The number of anilines is 1. The Bertz CT molecular complexity index is 540. The molecule has 1 aromatic heterocycles. The molecule has 0 amide bonds. The van der Waals surface area contributed by atoms with Gasteiger partial charge in [-0.2, -0.15) is 0 Å². The number of alkyl halides is 2. The number of aromatic nitrogens is 1. The highest BCUT2D eigenvalue weighted by Crippen LogP contribution is 2.29. The van der Waals surface area contributed by atoms with Crippen molar-refractivity contribution in [1.82, 2.24) is 4.98 Å². The predicted octanol–water partition coefficient (Wildman–Crippen LogP) is 0.822. The molecular weight excluding hydrogens is 254 g/mol. The zero-order valence-electron chi connectivity index (χ0n) is 7.00. The molecule has 0 aliphatic heterocycles. The van der Waals surface area contributed by atoms with E-state index in [0.717, 1.165) is 6.20 Å². The van der Waals surface area contributed by atoms with Gasteiger partial charge in [-0.05, 0) is 0 Å². The maximum atomic E-state index is 12.4. The first kappa shape index (κ1) is 11.9. The van der Waals surface area contributed by atoms with Crippen LogP contribution in [-0.4, -0.2) is 13.4 Å². The van der Waals surface area contributed by atoms with E-state index in [9.17, 15) is 22.0 Å². The summed E-state index contributed by atoms with van der Waals surface area (Å²) in [5.74, 6) is 0. The van der Waals surface area contributed by atoms with E-state index in [2.05, 4.69) is 0 Å². The molecule has 0 radical (unpaired) electrons. The molecule has 0 unspecified atom stereocenters. The van der Waals surface area contributed by atoms with Crippen molar-refractivity contribution in [2.45, 2.75) is 11.3 Å². The Labute approximate surface area is 87.3 Å². The molecule has 0 spiro atoms. The SMILES string of the molecule is Nc1c[nH]c(=O)c(C(F)F)c1S(=O)(=O)Cl. The fourth-order valence-corrected chi connectivity index (χ4v) is 2.32. The molecule has 0 bridgehead atoms. The molecule has 84 valence electrons. The summed E-state index contributed by atoms with van der Waals surface area (Å²) >= 11 is 0. The lowest BCUT2D eigenvalue weighted by atomic mass is 10.2. The van der Waals surface area contributed by atoms with Crippen LogP contribution in [0.1, 0.15) is 12.0 Å². The smallest absolute Gasteiger partial charge is 0.270 e. The highest BCUT2D eigenvalue weighted by molar-refractivity contribution is 8.13. The first-order chi connectivity index (χ1) is 6.75. The van der Waals surface area contributed by atoms with Gasteiger partial charge in [0.15, 0.2) is 0 Å². The molecule has 15 heavy (non-hydrogen) atoms. The first-order valence-corrected chi connectivity index (χ1v) is 5.80. The lowest BCUT2D eigenvalue weighted by molar-refractivity contribution is 0.146. The number of hydrogen-bond donors (Lipinski definition) is 2. The lowest BCUT2D eigenvalue weighted by Gasteiger charge is -2.06. The predicted molar refractivity (Wildman–Crippen MR) is 49.5 cm³/mol. The topological polar surface area (TPSA) is 93.0 Å². The summed E-state index contributed by atoms with van der Waals surface area (Å²) in [6.45, 7) is 0. The largest absolute Gasteiger partial charge is 0.396 e. The van der Waals surface area contributed by atoms with Crippen LogP contribution < -0.4 is 11.3 Å². The van der Waals surface area contributed by atoms with Gasteiger partial charge in [0.2, 0.25) is 0 Å². The maximum Gasteiger partial charge on any atom is 0.270 e. The van der Waals surface area contributed by atoms with Crippen molar-refractivity contribution in [2.24, 2.45) is 0 Å². The van der Waals surface area contributed by atoms with E-state index in [0.29, 0.717) is 0 Å². The fraction of sp³-hybridized carbons (Fsp3) is 0.167. The highest BCUT2D eigenvalue weighted by atomic mass is 35.7. The molecule has 0 saturated carbocycles. The van der Waals surface area contributed by atoms with Crippen molar-refractivity contribution >= 4 is 25.4 Å². The molecule has 3 N–H and O–H groups in total. The van der Waals surface area contributed by atoms with Gasteiger partial charge in [-0.3, -0.25) is 4.79 Å². The molecule has 0 saturated heterocycles. The Kier molecular flexibility index (Phi) is 3.00. The number of aromatic amines is 1. The van der Waals surface area contributed by atoms with Gasteiger partial charge in [0.1, 0.15) is 10.5 Å². The minimum Gasteiger partial charge on any atom is -0.396 e. The third-order valence-corrected chi connectivity index (χ3v) is 2.98. The van der Waals surface area contributed by atoms with E-state index >= 15 is 0 Å². The van der Waals surface area contributed by atoms with E-state index in [1.54, 1.807) is 0 Å². The van der Waals surface area contributed by atoms with Crippen molar-refractivity contribution in [3.8, 4) is 0 Å². The van der Waals surface area contributed by atoms with Gasteiger partial charge in [0.05, 0.1) is 5.69 Å². The molecule has 0 aromatic carbocycles. The molecule has 5 nitrogen and oxygen atoms in total. The van der Waals surface area contributed by atoms with Crippen LogP contribution in [0.2, 0.25) is 0 Å². The minimum absolute atomic E-state index is 0.528. The van der Waals surface area contributed by atoms with Gasteiger partial charge in [0, 0.05) is 16.9 Å². The first-order valence-electron chi connectivity index (χ1n) is 3.49. The number of nitrogens with two attached hydrogens (primary N) is 1. The maximum absolute atomic E-state index is 12.4. The van der Waals surface area contributed by atoms with Crippen molar-refractivity contribution in [3.63, 3.8) is 0 Å². The Balaban J connectivity index is 3.77. The number of pyridine rings is 1. The molecular formula is C6H5ClF2N2O3S. The van der Waals surface area contributed by atoms with E-state index in [1.807, 2.05) is 4.98 Å². The second kappa shape index (κ2) is 3.78. The molecule has 1 aromatic rings. The van der Waals surface area contributed by atoms with Crippen molar-refractivity contribution in [2.75, 3.05) is 5.73 Å². The van der Waals surface area contributed by atoms with Crippen LogP contribution in [0.3, 0.4) is 0 Å². The number of rotatable bonds is 2. The fourth-order valence-electron chi connectivity index (χ4n) is 1.02. The normalized spacial score (nSPS) is 12.0. The van der Waals surface area contributed by atoms with E-state index in [4.69, 9.17) is 16.4 Å². The zero-order chi connectivity index (χ0) is 11.8. The third kappa shape index (κ3) is 2.26. The zero-order valence-corrected chi connectivity index (χ0v) is 8.57. The van der Waals surface area contributed by atoms with Gasteiger partial charge in [-0.15, -0.1) is 0 Å². The van der Waals surface area contributed by atoms with Crippen LogP contribution in [-0.2, 0) is 9.05 Å². The molecule has 0 aliphatic carbocycles. The van der Waals surface area contributed by atoms with Crippen LogP contribution in [0.15, 0.2) is 15.9 Å². The quantitative estimate of drug-likeness (QED) is 0.768. The van der Waals surface area contributed by atoms with Gasteiger partial charge in [-0.1, -0.05) is 0 Å². The van der Waals surface area contributed by atoms with Crippen molar-refractivity contribution in [1.29, 1.82) is 0 Å². The van der Waals surface area contributed by atoms with E-state index in [1.165, 1.54) is 0 Å². The van der Waals surface area contributed by atoms with Crippen LogP contribution in [0.5, 0.6) is 0 Å². The van der Waals surface area contributed by atoms with E-state index in [-0.39, 0.29) is 0 Å². The van der Waals surface area contributed by atoms with Gasteiger partial charge in [0.25, 0.3) is 21.0 Å². The summed E-state index contributed by atoms with van der Waals surface area (Å²) < 4.78 is 46.7. The van der Waals surface area contributed by atoms with Crippen molar-refractivity contribution in [3.05, 3.63) is 22.1 Å². The highest BCUT2D eigenvalue weighted by Gasteiger charge is 2.27. The summed E-state index contributed by atoms with van der Waals surface area (Å²) in [6, 6.07) is 0. The van der Waals surface area contributed by atoms with Crippen LogP contribution in [0.4, 0.5) is 14.5 Å². The summed E-state index contributed by atoms with van der Waals surface area (Å²) in [6.07, 6.45) is -2.48. The van der Waals surface area contributed by atoms with Crippen LogP contribution >= 0.6 is 10.7 Å². The van der Waals surface area contributed by atoms with Crippen molar-refractivity contribution < 1.29 is 17.2 Å². The van der Waals surface area contributed by atoms with Crippen LogP contribution in [0, 0.1) is 0 Å². The van der Waals surface area contributed by atoms with Gasteiger partial charge < -0.3 is 10.7 Å². The number of halogens is 3. The number of hydrogen-bond acceptors (Lipinski definition) is 4. The minimum atomic E-state index is -4.48. The molecule has 0 fully saturated rings. The second-order valence-corrected chi connectivity index (χ2v) is 5.06. The lowest BCUT2D eigenvalue weighted by Crippen LogP contribution is -2.18. The Hall–Kier alpha value is -1.15. The second-order valence-electron chi connectivity index (χ2n) is 2.55. The van der Waals surface area contributed by atoms with Crippen LogP contribution in [0.25, 0.3) is 0 Å². The summed E-state index contributed by atoms with van der Waals surface area (Å²) in [5, 5.41) is 0. The number of H-pyrrole nitrogens is 1. The Morgan fingerprint density at radius 2 is 2.00 bits per heavy atom. The monoisotopic (exact) mass is 258 g/mol. The molecule has 1 rings (SSSR count). The third-order valence-electron chi connectivity index (χ3n) is 1.57. The Morgan fingerprint density at radius 3 is 2.33 bits per heavy atom. The molecule has 1 heterocycles. The summed E-state index contributed by atoms with van der Waals surface area (Å²) in [4.78, 5) is 11.8. The van der Waals surface area contributed by atoms with Gasteiger partial charge in [-0.25, -0.2) is 17.2 Å². The Morgan fingerprint density at radius 1 is 1.47 bits per heavy atom. The average molecular weight is 259 g/mol. The molecule has 0 atom stereocenters. The molecule has 9 heteroatoms. The van der Waals surface area contributed by atoms with E-state index < -0.39 is 37.2 Å². The summed E-state index contributed by atoms with van der Waals surface area (Å²) in [7, 11) is 0.407.